The number of piperidine rings is 1. The number of nitrogens with zero attached hydrogens (tertiary/aromatic N) is 2. The number of halogens is 1. The minimum atomic E-state index is -0.510. The quantitative estimate of drug-likeness (QED) is 0.650. The summed E-state index contributed by atoms with van der Waals surface area (Å²) in [5.41, 5.74) is 6.66. The van der Waals surface area contributed by atoms with Gasteiger partial charge < -0.3 is 26.2 Å². The van der Waals surface area contributed by atoms with Gasteiger partial charge in [0.05, 0.1) is 12.2 Å². The molecule has 2 aromatic rings. The van der Waals surface area contributed by atoms with E-state index in [4.69, 9.17) is 5.73 Å². The molecule has 2 aliphatic rings. The molecule has 2 aromatic carbocycles. The zero-order valence-corrected chi connectivity index (χ0v) is 16.7. The molecule has 158 valence electrons. The zero-order valence-electron chi connectivity index (χ0n) is 16.7. The first-order chi connectivity index (χ1) is 14.5. The minimum absolute atomic E-state index is 0.0890. The maximum atomic E-state index is 13.1. The van der Waals surface area contributed by atoms with Crippen molar-refractivity contribution in [2.24, 2.45) is 0 Å². The number of likely N-dealkylation sites (tertiary alicyclic amines) is 1. The summed E-state index contributed by atoms with van der Waals surface area (Å²) < 4.78 is 13.1. The number of carbonyl (C=O) groups is 2. The Morgan fingerprint density at radius 2 is 1.90 bits per heavy atom. The molecule has 0 radical (unpaired) electrons. The van der Waals surface area contributed by atoms with E-state index < -0.39 is 11.4 Å². The number of nitrogen functional groups attached to an aromatic ring is 1. The van der Waals surface area contributed by atoms with Crippen LogP contribution in [-0.4, -0.2) is 55.1 Å². The maximum absolute atomic E-state index is 13.1. The smallest absolute Gasteiger partial charge is 0.253 e. The number of rotatable bonds is 5. The zero-order chi connectivity index (χ0) is 21.1. The Balaban J connectivity index is 1.31. The molecule has 0 aliphatic carbocycles. The Morgan fingerprint density at radius 3 is 2.60 bits per heavy atom. The van der Waals surface area contributed by atoms with Crippen LogP contribution in [0.2, 0.25) is 0 Å². The Bertz CT molecular complexity index is 928. The number of hydrogen-bond acceptors (Lipinski definition) is 5. The third kappa shape index (κ3) is 3.82. The van der Waals surface area contributed by atoms with Gasteiger partial charge in [-0.05, 0) is 43.2 Å². The molecular weight excluding hydrogens is 385 g/mol. The molecule has 2 amide bonds. The van der Waals surface area contributed by atoms with Crippen molar-refractivity contribution < 1.29 is 14.0 Å². The van der Waals surface area contributed by atoms with Crippen molar-refractivity contribution in [3.63, 3.8) is 0 Å². The topological polar surface area (TPSA) is 90.7 Å². The molecule has 2 saturated heterocycles. The average Bonchev–Trinajstić information content (AvgIpc) is 3.06. The predicted molar refractivity (Wildman–Crippen MR) is 113 cm³/mol. The number of hydrogen-bond donors (Lipinski definition) is 3. The highest BCUT2D eigenvalue weighted by Crippen LogP contribution is 2.35. The summed E-state index contributed by atoms with van der Waals surface area (Å²) in [6, 6.07) is 13.8. The molecule has 0 atom stereocenters. The standard InChI is InChI=1S/C22H26FN5O2/c23-16-6-7-18(19(24)14-16)20(29)25-10-13-27-11-8-22(9-12-27)21(30)26-15-28(22)17-4-2-1-3-5-17/h1-7,14H,8-13,15,24H2,(H,25,29)(H,26,30). The fraction of sp³-hybridized carbons (Fsp3) is 0.364. The fourth-order valence-electron chi connectivity index (χ4n) is 4.34. The van der Waals surface area contributed by atoms with Crippen LogP contribution in [0.15, 0.2) is 48.5 Å². The third-order valence-corrected chi connectivity index (χ3v) is 6.06. The van der Waals surface area contributed by atoms with E-state index in [0.717, 1.165) is 37.7 Å². The molecule has 0 saturated carbocycles. The summed E-state index contributed by atoms with van der Waals surface area (Å²) in [4.78, 5) is 29.4. The first-order valence-electron chi connectivity index (χ1n) is 10.2. The van der Waals surface area contributed by atoms with Crippen molar-refractivity contribution in [1.82, 2.24) is 15.5 Å². The molecule has 8 heteroatoms. The van der Waals surface area contributed by atoms with Crippen LogP contribution in [0.5, 0.6) is 0 Å². The molecule has 2 heterocycles. The number of nitrogens with one attached hydrogen (secondary N) is 2. The van der Waals surface area contributed by atoms with Gasteiger partial charge in [0, 0.05) is 37.6 Å². The lowest BCUT2D eigenvalue weighted by Crippen LogP contribution is -2.57. The first-order valence-corrected chi connectivity index (χ1v) is 10.2. The molecule has 2 aliphatic heterocycles. The Labute approximate surface area is 175 Å². The SMILES string of the molecule is Nc1cc(F)ccc1C(=O)NCCN1CCC2(CC1)C(=O)NCN2c1ccccc1. The lowest BCUT2D eigenvalue weighted by Gasteiger charge is -2.43. The number of carbonyl (C=O) groups excluding carboxylic acids is 2. The number of benzene rings is 2. The van der Waals surface area contributed by atoms with Gasteiger partial charge in [-0.3, -0.25) is 9.59 Å². The molecule has 7 nitrogen and oxygen atoms in total. The number of anilines is 2. The number of amides is 2. The molecule has 0 unspecified atom stereocenters. The van der Waals surface area contributed by atoms with E-state index in [-0.39, 0.29) is 23.1 Å². The van der Waals surface area contributed by atoms with Crippen molar-refractivity contribution in [1.29, 1.82) is 0 Å². The lowest BCUT2D eigenvalue weighted by atomic mass is 9.85. The summed E-state index contributed by atoms with van der Waals surface area (Å²) in [6.45, 7) is 3.20. The second-order valence-electron chi connectivity index (χ2n) is 7.79. The average molecular weight is 411 g/mol. The Kier molecular flexibility index (Phi) is 5.59. The highest BCUT2D eigenvalue weighted by Gasteiger charge is 2.50. The van der Waals surface area contributed by atoms with Crippen LogP contribution in [0.4, 0.5) is 15.8 Å². The second kappa shape index (κ2) is 8.31. The van der Waals surface area contributed by atoms with Crippen molar-refractivity contribution in [2.75, 3.05) is 43.5 Å². The molecular formula is C22H26FN5O2. The Hall–Kier alpha value is -3.13. The molecule has 0 bridgehead atoms. The normalized spacial score (nSPS) is 18.4. The summed E-state index contributed by atoms with van der Waals surface area (Å²) in [6.07, 6.45) is 1.46. The van der Waals surface area contributed by atoms with Gasteiger partial charge in [-0.1, -0.05) is 18.2 Å². The number of para-hydroxylation sites is 1. The van der Waals surface area contributed by atoms with Crippen LogP contribution >= 0.6 is 0 Å². The van der Waals surface area contributed by atoms with E-state index in [1.165, 1.54) is 12.1 Å². The molecule has 4 N–H and O–H groups in total. The van der Waals surface area contributed by atoms with Gasteiger partial charge in [0.2, 0.25) is 5.91 Å². The van der Waals surface area contributed by atoms with E-state index >= 15 is 0 Å². The molecule has 0 aromatic heterocycles. The van der Waals surface area contributed by atoms with Gasteiger partial charge in [0.15, 0.2) is 0 Å². The predicted octanol–water partition coefficient (Wildman–Crippen LogP) is 1.57. The van der Waals surface area contributed by atoms with E-state index in [0.29, 0.717) is 19.8 Å². The first kappa shape index (κ1) is 20.2. The molecule has 1 spiro atoms. The van der Waals surface area contributed by atoms with E-state index in [2.05, 4.69) is 20.4 Å². The van der Waals surface area contributed by atoms with Crippen molar-refractivity contribution in [3.8, 4) is 0 Å². The third-order valence-electron chi connectivity index (χ3n) is 6.06. The van der Waals surface area contributed by atoms with Gasteiger partial charge in [0.25, 0.3) is 5.91 Å². The molecule has 30 heavy (non-hydrogen) atoms. The highest BCUT2D eigenvalue weighted by atomic mass is 19.1. The van der Waals surface area contributed by atoms with Crippen molar-refractivity contribution in [2.45, 2.75) is 18.4 Å². The van der Waals surface area contributed by atoms with Gasteiger partial charge in [0.1, 0.15) is 11.4 Å². The second-order valence-corrected chi connectivity index (χ2v) is 7.79. The van der Waals surface area contributed by atoms with E-state index in [9.17, 15) is 14.0 Å². The van der Waals surface area contributed by atoms with Crippen LogP contribution in [0.1, 0.15) is 23.2 Å². The molecule has 4 rings (SSSR count). The molecule has 2 fully saturated rings. The number of nitrogens with two attached hydrogens (primary N) is 1. The highest BCUT2D eigenvalue weighted by molar-refractivity contribution is 5.99. The van der Waals surface area contributed by atoms with E-state index in [1.807, 2.05) is 30.3 Å². The summed E-state index contributed by atoms with van der Waals surface area (Å²) in [5, 5.41) is 5.84. The van der Waals surface area contributed by atoms with Crippen LogP contribution in [0.25, 0.3) is 0 Å². The maximum Gasteiger partial charge on any atom is 0.253 e. The van der Waals surface area contributed by atoms with Crippen LogP contribution < -0.4 is 21.3 Å². The van der Waals surface area contributed by atoms with Crippen LogP contribution in [-0.2, 0) is 4.79 Å². The summed E-state index contributed by atoms with van der Waals surface area (Å²) >= 11 is 0. The summed E-state index contributed by atoms with van der Waals surface area (Å²) in [5.74, 6) is -0.690. The minimum Gasteiger partial charge on any atom is -0.398 e. The van der Waals surface area contributed by atoms with Crippen LogP contribution in [0, 0.1) is 5.82 Å². The fourth-order valence-corrected chi connectivity index (χ4v) is 4.34. The van der Waals surface area contributed by atoms with Crippen LogP contribution in [0.3, 0.4) is 0 Å². The lowest BCUT2D eigenvalue weighted by molar-refractivity contribution is -0.125. The monoisotopic (exact) mass is 411 g/mol. The van der Waals surface area contributed by atoms with Crippen molar-refractivity contribution in [3.05, 3.63) is 59.9 Å². The van der Waals surface area contributed by atoms with Gasteiger partial charge in [-0.25, -0.2) is 4.39 Å². The summed E-state index contributed by atoms with van der Waals surface area (Å²) in [7, 11) is 0. The van der Waals surface area contributed by atoms with E-state index in [1.54, 1.807) is 0 Å². The largest absolute Gasteiger partial charge is 0.398 e. The van der Waals surface area contributed by atoms with Gasteiger partial charge in [-0.2, -0.15) is 0 Å². The van der Waals surface area contributed by atoms with Gasteiger partial charge in [-0.15, -0.1) is 0 Å². The van der Waals surface area contributed by atoms with Crippen molar-refractivity contribution >= 4 is 23.2 Å². The Morgan fingerprint density at radius 1 is 1.17 bits per heavy atom. The van der Waals surface area contributed by atoms with Gasteiger partial charge >= 0.3 is 0 Å².